The van der Waals surface area contributed by atoms with Gasteiger partial charge in [0.2, 0.25) is 11.8 Å². The lowest BCUT2D eigenvalue weighted by Gasteiger charge is -2.17. The van der Waals surface area contributed by atoms with E-state index in [1.807, 2.05) is 31.2 Å². The van der Waals surface area contributed by atoms with Crippen LogP contribution in [-0.4, -0.2) is 31.4 Å². The Morgan fingerprint density at radius 3 is 3.00 bits per heavy atom. The van der Waals surface area contributed by atoms with Gasteiger partial charge in [-0.15, -0.1) is 0 Å². The monoisotopic (exact) mass is 353 g/mol. The third kappa shape index (κ3) is 4.04. The van der Waals surface area contributed by atoms with E-state index in [1.165, 1.54) is 0 Å². The van der Waals surface area contributed by atoms with Crippen LogP contribution in [0, 0.1) is 11.8 Å². The molecule has 6 heteroatoms. The van der Waals surface area contributed by atoms with Crippen LogP contribution in [0.5, 0.6) is 0 Å². The molecule has 2 rings (SSSR count). The zero-order valence-corrected chi connectivity index (χ0v) is 13.6. The van der Waals surface area contributed by atoms with Crippen molar-refractivity contribution in [1.29, 1.82) is 0 Å². The molecule has 114 valence electrons. The van der Waals surface area contributed by atoms with E-state index in [9.17, 15) is 9.59 Å². The van der Waals surface area contributed by atoms with Crippen LogP contribution in [0.25, 0.3) is 0 Å². The number of nitrogens with two attached hydrogens (primary N) is 1. The van der Waals surface area contributed by atoms with Gasteiger partial charge in [-0.2, -0.15) is 0 Å². The van der Waals surface area contributed by atoms with Gasteiger partial charge in [-0.1, -0.05) is 28.9 Å². The van der Waals surface area contributed by atoms with E-state index in [2.05, 4.69) is 21.2 Å². The minimum absolute atomic E-state index is 0.0138. The fourth-order valence-electron chi connectivity index (χ4n) is 2.28. The van der Waals surface area contributed by atoms with Gasteiger partial charge in [0.25, 0.3) is 0 Å². The molecule has 0 spiro atoms. The topological polar surface area (TPSA) is 75.4 Å². The SMILES string of the molecule is CC(CN)CNC(=O)C1CC(=O)N(c2cccc(Br)c2)C1. The average molecular weight is 354 g/mol. The number of hydrogen-bond acceptors (Lipinski definition) is 3. The van der Waals surface area contributed by atoms with Crippen LogP contribution in [0.1, 0.15) is 13.3 Å². The van der Waals surface area contributed by atoms with Crippen LogP contribution in [0.15, 0.2) is 28.7 Å². The highest BCUT2D eigenvalue weighted by molar-refractivity contribution is 9.10. The Kier molecular flexibility index (Phi) is 5.36. The summed E-state index contributed by atoms with van der Waals surface area (Å²) in [5.74, 6) is -0.130. The molecule has 5 nitrogen and oxygen atoms in total. The normalized spacial score (nSPS) is 19.7. The van der Waals surface area contributed by atoms with E-state index in [0.29, 0.717) is 19.6 Å². The Labute approximate surface area is 133 Å². The van der Waals surface area contributed by atoms with Crippen molar-refractivity contribution in [3.63, 3.8) is 0 Å². The molecule has 1 aromatic carbocycles. The number of nitrogens with one attached hydrogen (secondary N) is 1. The Hall–Kier alpha value is -1.40. The second-order valence-electron chi connectivity index (χ2n) is 5.47. The maximum absolute atomic E-state index is 12.1. The molecule has 0 radical (unpaired) electrons. The summed E-state index contributed by atoms with van der Waals surface area (Å²) in [6.45, 7) is 3.50. The number of carbonyl (C=O) groups excluding carboxylic acids is 2. The van der Waals surface area contributed by atoms with Gasteiger partial charge in [0.05, 0.1) is 5.92 Å². The molecule has 0 bridgehead atoms. The average Bonchev–Trinajstić information content (AvgIpc) is 2.86. The number of nitrogens with zero attached hydrogens (tertiary/aromatic N) is 1. The molecule has 1 heterocycles. The van der Waals surface area contributed by atoms with E-state index in [-0.39, 0.29) is 30.1 Å². The molecule has 1 aliphatic rings. The Balaban J connectivity index is 1.97. The summed E-state index contributed by atoms with van der Waals surface area (Å²) in [6, 6.07) is 7.54. The standard InChI is InChI=1S/C15H20BrN3O2/c1-10(7-17)8-18-15(21)11-5-14(20)19(9-11)13-4-2-3-12(16)6-13/h2-4,6,10-11H,5,7-9,17H2,1H3,(H,18,21). The zero-order valence-electron chi connectivity index (χ0n) is 12.0. The molecule has 0 saturated carbocycles. The number of carbonyl (C=O) groups is 2. The fraction of sp³-hybridized carbons (Fsp3) is 0.467. The fourth-order valence-corrected chi connectivity index (χ4v) is 2.67. The number of anilines is 1. The van der Waals surface area contributed by atoms with Crippen LogP contribution in [0.4, 0.5) is 5.69 Å². The molecule has 0 aliphatic carbocycles. The highest BCUT2D eigenvalue weighted by Gasteiger charge is 2.35. The van der Waals surface area contributed by atoms with E-state index in [4.69, 9.17) is 5.73 Å². The number of hydrogen-bond donors (Lipinski definition) is 2. The van der Waals surface area contributed by atoms with Crippen LogP contribution in [0.3, 0.4) is 0 Å². The first-order valence-electron chi connectivity index (χ1n) is 7.05. The smallest absolute Gasteiger partial charge is 0.227 e. The van der Waals surface area contributed by atoms with Crippen molar-refractivity contribution >= 4 is 33.4 Å². The summed E-state index contributed by atoms with van der Waals surface area (Å²) < 4.78 is 0.914. The second-order valence-corrected chi connectivity index (χ2v) is 6.39. The molecule has 2 atom stereocenters. The van der Waals surface area contributed by atoms with Crippen LogP contribution >= 0.6 is 15.9 Å². The van der Waals surface area contributed by atoms with Gasteiger partial charge < -0.3 is 16.0 Å². The van der Waals surface area contributed by atoms with Gasteiger partial charge in [0, 0.05) is 29.7 Å². The lowest BCUT2D eigenvalue weighted by atomic mass is 10.1. The van der Waals surface area contributed by atoms with Gasteiger partial charge in [0.1, 0.15) is 0 Å². The molecule has 0 aromatic heterocycles. The molecule has 1 aromatic rings. The van der Waals surface area contributed by atoms with Crippen molar-refractivity contribution in [3.05, 3.63) is 28.7 Å². The maximum atomic E-state index is 12.1. The van der Waals surface area contributed by atoms with Crippen molar-refractivity contribution in [1.82, 2.24) is 5.32 Å². The van der Waals surface area contributed by atoms with E-state index < -0.39 is 0 Å². The molecule has 1 saturated heterocycles. The maximum Gasteiger partial charge on any atom is 0.227 e. The molecule has 1 aliphatic heterocycles. The first kappa shape index (κ1) is 16.0. The summed E-state index contributed by atoms with van der Waals surface area (Å²) in [5.41, 5.74) is 6.35. The van der Waals surface area contributed by atoms with E-state index in [0.717, 1.165) is 10.2 Å². The molecule has 2 unspecified atom stereocenters. The number of rotatable bonds is 5. The summed E-state index contributed by atoms with van der Waals surface area (Å²) >= 11 is 3.39. The molecular formula is C15H20BrN3O2. The van der Waals surface area contributed by atoms with Gasteiger partial charge in [-0.3, -0.25) is 9.59 Å². The van der Waals surface area contributed by atoms with E-state index in [1.54, 1.807) is 4.90 Å². The molecule has 1 fully saturated rings. The highest BCUT2D eigenvalue weighted by Crippen LogP contribution is 2.27. The molecule has 3 N–H and O–H groups in total. The molecular weight excluding hydrogens is 334 g/mol. The van der Waals surface area contributed by atoms with Crippen molar-refractivity contribution in [3.8, 4) is 0 Å². The zero-order chi connectivity index (χ0) is 15.4. The Bertz CT molecular complexity index is 535. The third-order valence-electron chi connectivity index (χ3n) is 3.64. The van der Waals surface area contributed by atoms with Crippen molar-refractivity contribution < 1.29 is 9.59 Å². The number of amides is 2. The first-order chi connectivity index (χ1) is 10.0. The minimum atomic E-state index is -0.290. The summed E-state index contributed by atoms with van der Waals surface area (Å²) in [5, 5.41) is 2.87. The van der Waals surface area contributed by atoms with Crippen LogP contribution in [-0.2, 0) is 9.59 Å². The number of benzene rings is 1. The van der Waals surface area contributed by atoms with Crippen LogP contribution < -0.4 is 16.0 Å². The summed E-state index contributed by atoms with van der Waals surface area (Å²) in [7, 11) is 0. The highest BCUT2D eigenvalue weighted by atomic mass is 79.9. The lowest BCUT2D eigenvalue weighted by Crippen LogP contribution is -2.36. The van der Waals surface area contributed by atoms with Gasteiger partial charge in [0.15, 0.2) is 0 Å². The first-order valence-corrected chi connectivity index (χ1v) is 7.84. The van der Waals surface area contributed by atoms with Gasteiger partial charge in [-0.05, 0) is 30.7 Å². The quantitative estimate of drug-likeness (QED) is 0.842. The van der Waals surface area contributed by atoms with Gasteiger partial charge in [-0.25, -0.2) is 0 Å². The predicted octanol–water partition coefficient (Wildman–Crippen LogP) is 1.51. The third-order valence-corrected chi connectivity index (χ3v) is 4.14. The minimum Gasteiger partial charge on any atom is -0.355 e. The van der Waals surface area contributed by atoms with Crippen molar-refractivity contribution in [2.24, 2.45) is 17.6 Å². The van der Waals surface area contributed by atoms with Crippen molar-refractivity contribution in [2.45, 2.75) is 13.3 Å². The summed E-state index contributed by atoms with van der Waals surface area (Å²) in [6.07, 6.45) is 0.259. The van der Waals surface area contributed by atoms with Crippen LogP contribution in [0.2, 0.25) is 0 Å². The van der Waals surface area contributed by atoms with Gasteiger partial charge >= 0.3 is 0 Å². The number of halogens is 1. The second kappa shape index (κ2) is 7.04. The Morgan fingerprint density at radius 1 is 1.57 bits per heavy atom. The summed E-state index contributed by atoms with van der Waals surface area (Å²) in [4.78, 5) is 25.9. The van der Waals surface area contributed by atoms with E-state index >= 15 is 0 Å². The predicted molar refractivity (Wildman–Crippen MR) is 85.8 cm³/mol. The largest absolute Gasteiger partial charge is 0.355 e. The molecule has 2 amide bonds. The lowest BCUT2D eigenvalue weighted by molar-refractivity contribution is -0.126. The Morgan fingerprint density at radius 2 is 2.33 bits per heavy atom. The van der Waals surface area contributed by atoms with Crippen molar-refractivity contribution in [2.75, 3.05) is 24.5 Å². The molecule has 21 heavy (non-hydrogen) atoms.